The fourth-order valence-corrected chi connectivity index (χ4v) is 2.99. The van der Waals surface area contributed by atoms with Crippen LogP contribution in [0.15, 0.2) is 24.3 Å². The molecular formula is C18H30NO7P. The molecule has 0 aliphatic rings. The fourth-order valence-electron chi connectivity index (χ4n) is 2.24. The minimum Gasteiger partial charge on any atom is -0.467 e. The van der Waals surface area contributed by atoms with E-state index in [4.69, 9.17) is 18.5 Å². The van der Waals surface area contributed by atoms with Gasteiger partial charge >= 0.3 is 7.82 Å². The highest BCUT2D eigenvalue weighted by Crippen LogP contribution is 2.44. The number of rotatable bonds is 15. The fraction of sp³-hybridized carbons (Fsp3) is 0.611. The van der Waals surface area contributed by atoms with Crippen LogP contribution in [0.4, 0.5) is 0 Å². The number of ether oxygens (including phenoxy) is 2. The van der Waals surface area contributed by atoms with Crippen LogP contribution in [-0.2, 0) is 18.6 Å². The van der Waals surface area contributed by atoms with E-state index in [-0.39, 0.29) is 31.6 Å². The molecule has 0 fully saturated rings. The summed E-state index contributed by atoms with van der Waals surface area (Å²) in [5.41, 5.74) is 0. The first-order valence-corrected chi connectivity index (χ1v) is 10.6. The molecule has 2 N–H and O–H groups in total. The van der Waals surface area contributed by atoms with Gasteiger partial charge in [-0.15, -0.1) is 0 Å². The summed E-state index contributed by atoms with van der Waals surface area (Å²) >= 11 is 0. The average molecular weight is 403 g/mol. The predicted molar refractivity (Wildman–Crippen MR) is 102 cm³/mol. The molecule has 0 aliphatic carbocycles. The van der Waals surface area contributed by atoms with Gasteiger partial charge in [0.05, 0.1) is 6.61 Å². The SMILES string of the molecule is CCCCCCCC(=O)NCCOP(=O)(O)Oc1cccc(OCOC)c1. The molecule has 0 spiro atoms. The Morgan fingerprint density at radius 2 is 1.93 bits per heavy atom. The topological polar surface area (TPSA) is 103 Å². The number of phosphoric ester groups is 1. The Kier molecular flexibility index (Phi) is 11.8. The lowest BCUT2D eigenvalue weighted by atomic mass is 10.1. The van der Waals surface area contributed by atoms with Gasteiger partial charge in [0.15, 0.2) is 6.79 Å². The first-order chi connectivity index (χ1) is 13.0. The molecule has 1 aromatic carbocycles. The van der Waals surface area contributed by atoms with Gasteiger partial charge in [0.25, 0.3) is 0 Å². The van der Waals surface area contributed by atoms with Crippen molar-refractivity contribution in [3.63, 3.8) is 0 Å². The molecule has 0 radical (unpaired) electrons. The molecule has 1 amide bonds. The summed E-state index contributed by atoms with van der Waals surface area (Å²) < 4.78 is 31.8. The number of methoxy groups -OCH3 is 1. The van der Waals surface area contributed by atoms with Crippen molar-refractivity contribution >= 4 is 13.7 Å². The van der Waals surface area contributed by atoms with Crippen molar-refractivity contribution in [1.82, 2.24) is 5.32 Å². The zero-order valence-corrected chi connectivity index (χ0v) is 16.9. The minimum absolute atomic E-state index is 0.0506. The summed E-state index contributed by atoms with van der Waals surface area (Å²) in [5.74, 6) is 0.470. The highest BCUT2D eigenvalue weighted by molar-refractivity contribution is 7.47. The number of nitrogens with one attached hydrogen (secondary N) is 1. The molecule has 0 saturated heterocycles. The Bertz CT molecular complexity index is 597. The van der Waals surface area contributed by atoms with Crippen molar-refractivity contribution in [2.75, 3.05) is 27.1 Å². The van der Waals surface area contributed by atoms with Gasteiger partial charge in [0.2, 0.25) is 5.91 Å². The molecule has 1 unspecified atom stereocenters. The molecule has 1 atom stereocenters. The number of amides is 1. The van der Waals surface area contributed by atoms with Crippen molar-refractivity contribution < 1.29 is 32.8 Å². The van der Waals surface area contributed by atoms with E-state index in [0.717, 1.165) is 25.7 Å². The summed E-state index contributed by atoms with van der Waals surface area (Å²) in [7, 11) is -2.80. The highest BCUT2D eigenvalue weighted by atomic mass is 31.2. The molecule has 0 bridgehead atoms. The zero-order chi connectivity index (χ0) is 20.0. The molecule has 27 heavy (non-hydrogen) atoms. The van der Waals surface area contributed by atoms with Gasteiger partial charge in [-0.2, -0.15) is 0 Å². The van der Waals surface area contributed by atoms with Gasteiger partial charge in [-0.3, -0.25) is 14.2 Å². The monoisotopic (exact) mass is 403 g/mol. The van der Waals surface area contributed by atoms with Crippen molar-refractivity contribution in [2.24, 2.45) is 0 Å². The molecule has 0 aliphatic heterocycles. The average Bonchev–Trinajstić information content (AvgIpc) is 2.63. The lowest BCUT2D eigenvalue weighted by Crippen LogP contribution is -2.26. The minimum atomic E-state index is -4.29. The summed E-state index contributed by atoms with van der Waals surface area (Å²) in [5, 5.41) is 2.66. The third-order valence-electron chi connectivity index (χ3n) is 3.56. The number of carbonyl (C=O) groups is 1. The Morgan fingerprint density at radius 3 is 2.67 bits per heavy atom. The van der Waals surface area contributed by atoms with Crippen LogP contribution >= 0.6 is 7.82 Å². The van der Waals surface area contributed by atoms with E-state index in [0.29, 0.717) is 12.2 Å². The zero-order valence-electron chi connectivity index (χ0n) is 16.0. The second-order valence-electron chi connectivity index (χ2n) is 5.93. The van der Waals surface area contributed by atoms with Crippen molar-refractivity contribution in [1.29, 1.82) is 0 Å². The lowest BCUT2D eigenvalue weighted by Gasteiger charge is -2.14. The van der Waals surface area contributed by atoms with Crippen LogP contribution in [0, 0.1) is 0 Å². The Balaban J connectivity index is 2.25. The third-order valence-corrected chi connectivity index (χ3v) is 4.51. The van der Waals surface area contributed by atoms with E-state index in [1.165, 1.54) is 25.7 Å². The predicted octanol–water partition coefficient (Wildman–Crippen LogP) is 3.64. The van der Waals surface area contributed by atoms with E-state index in [1.807, 2.05) is 0 Å². The molecule has 1 rings (SSSR count). The highest BCUT2D eigenvalue weighted by Gasteiger charge is 2.23. The molecule has 154 valence electrons. The van der Waals surface area contributed by atoms with Crippen LogP contribution in [-0.4, -0.2) is 37.9 Å². The van der Waals surface area contributed by atoms with Gasteiger partial charge in [-0.1, -0.05) is 38.7 Å². The molecule has 0 saturated carbocycles. The van der Waals surface area contributed by atoms with Gasteiger partial charge in [-0.05, 0) is 18.6 Å². The van der Waals surface area contributed by atoms with Crippen LogP contribution in [0.3, 0.4) is 0 Å². The number of carbonyl (C=O) groups excluding carboxylic acids is 1. The maximum atomic E-state index is 12.0. The normalized spacial score (nSPS) is 13.0. The molecule has 0 heterocycles. The van der Waals surface area contributed by atoms with Gasteiger partial charge in [-0.25, -0.2) is 4.57 Å². The van der Waals surface area contributed by atoms with E-state index in [9.17, 15) is 14.3 Å². The first kappa shape index (κ1) is 23.4. The second-order valence-corrected chi connectivity index (χ2v) is 7.31. The van der Waals surface area contributed by atoms with Crippen LogP contribution in [0.25, 0.3) is 0 Å². The van der Waals surface area contributed by atoms with Crippen molar-refractivity contribution in [3.8, 4) is 11.5 Å². The number of hydrogen-bond acceptors (Lipinski definition) is 6. The summed E-state index contributed by atoms with van der Waals surface area (Å²) in [6.45, 7) is 2.20. The molecule has 1 aromatic rings. The Morgan fingerprint density at radius 1 is 1.19 bits per heavy atom. The van der Waals surface area contributed by atoms with Gasteiger partial charge in [0.1, 0.15) is 11.5 Å². The summed E-state index contributed by atoms with van der Waals surface area (Å²) in [6.07, 6.45) is 5.81. The number of hydrogen-bond donors (Lipinski definition) is 2. The van der Waals surface area contributed by atoms with Crippen LogP contribution in [0.2, 0.25) is 0 Å². The molecule has 8 nitrogen and oxygen atoms in total. The van der Waals surface area contributed by atoms with E-state index >= 15 is 0 Å². The van der Waals surface area contributed by atoms with E-state index < -0.39 is 7.82 Å². The second kappa shape index (κ2) is 13.6. The number of benzene rings is 1. The first-order valence-electron chi connectivity index (χ1n) is 9.12. The number of phosphoric acid groups is 1. The van der Waals surface area contributed by atoms with Crippen molar-refractivity contribution in [2.45, 2.75) is 45.4 Å². The lowest BCUT2D eigenvalue weighted by molar-refractivity contribution is -0.121. The largest absolute Gasteiger partial charge is 0.527 e. The standard InChI is InChI=1S/C18H30NO7P/c1-3-4-5-6-7-11-18(20)19-12-13-25-27(21,22)26-17-10-8-9-16(14-17)24-15-23-2/h8-10,14H,3-7,11-13,15H2,1-2H3,(H,19,20)(H,21,22). The molecule has 0 aromatic heterocycles. The van der Waals surface area contributed by atoms with E-state index in [1.54, 1.807) is 12.1 Å². The Labute approximate surface area is 160 Å². The summed E-state index contributed by atoms with van der Waals surface area (Å²) in [4.78, 5) is 21.4. The molecule has 9 heteroatoms. The maximum Gasteiger partial charge on any atom is 0.527 e. The third kappa shape index (κ3) is 11.7. The van der Waals surface area contributed by atoms with Crippen molar-refractivity contribution in [3.05, 3.63) is 24.3 Å². The summed E-state index contributed by atoms with van der Waals surface area (Å²) in [6, 6.07) is 6.23. The quantitative estimate of drug-likeness (QED) is 0.262. The molecular weight excluding hydrogens is 373 g/mol. The van der Waals surface area contributed by atoms with Crippen LogP contribution in [0.5, 0.6) is 11.5 Å². The Hall–Kier alpha value is -1.60. The maximum absolute atomic E-state index is 12.0. The van der Waals surface area contributed by atoms with Crippen LogP contribution < -0.4 is 14.6 Å². The smallest absolute Gasteiger partial charge is 0.467 e. The van der Waals surface area contributed by atoms with Gasteiger partial charge < -0.3 is 19.3 Å². The van der Waals surface area contributed by atoms with Crippen LogP contribution in [0.1, 0.15) is 45.4 Å². The van der Waals surface area contributed by atoms with Gasteiger partial charge in [0, 0.05) is 26.1 Å². The number of unbranched alkanes of at least 4 members (excludes halogenated alkanes) is 4. The van der Waals surface area contributed by atoms with E-state index in [2.05, 4.69) is 12.2 Å².